The summed E-state index contributed by atoms with van der Waals surface area (Å²) < 4.78 is 5.21. The topological polar surface area (TPSA) is 34.2 Å². The van der Waals surface area contributed by atoms with Crippen molar-refractivity contribution in [3.05, 3.63) is 16.6 Å². The molecule has 0 fully saturated rings. The monoisotopic (exact) mass is 256 g/mol. The SMILES string of the molecule is CCCNC(Cc1cncs1)CC(C)COC. The number of aromatic nitrogens is 1. The van der Waals surface area contributed by atoms with E-state index in [0.717, 1.165) is 26.0 Å². The molecule has 0 aliphatic rings. The van der Waals surface area contributed by atoms with Crippen LogP contribution in [0.15, 0.2) is 11.7 Å². The van der Waals surface area contributed by atoms with Crippen LogP contribution in [0.3, 0.4) is 0 Å². The lowest BCUT2D eigenvalue weighted by atomic mass is 9.99. The molecule has 0 aromatic carbocycles. The van der Waals surface area contributed by atoms with E-state index in [9.17, 15) is 0 Å². The Bertz CT molecular complexity index is 277. The van der Waals surface area contributed by atoms with E-state index in [1.165, 1.54) is 11.3 Å². The first kappa shape index (κ1) is 14.6. The average Bonchev–Trinajstić information content (AvgIpc) is 2.79. The van der Waals surface area contributed by atoms with Crippen LogP contribution in [-0.4, -0.2) is 31.3 Å². The predicted octanol–water partition coefficient (Wildman–Crippen LogP) is 2.73. The number of hydrogen-bond donors (Lipinski definition) is 1. The molecule has 0 saturated carbocycles. The lowest BCUT2D eigenvalue weighted by Gasteiger charge is -2.21. The van der Waals surface area contributed by atoms with Gasteiger partial charge in [0.1, 0.15) is 0 Å². The fraction of sp³-hybridized carbons (Fsp3) is 0.769. The summed E-state index contributed by atoms with van der Waals surface area (Å²) in [7, 11) is 1.77. The van der Waals surface area contributed by atoms with Crippen molar-refractivity contribution in [1.82, 2.24) is 10.3 Å². The van der Waals surface area contributed by atoms with Crippen LogP contribution < -0.4 is 5.32 Å². The number of hydrogen-bond acceptors (Lipinski definition) is 4. The second kappa shape index (κ2) is 8.61. The van der Waals surface area contributed by atoms with E-state index >= 15 is 0 Å². The van der Waals surface area contributed by atoms with Crippen LogP contribution >= 0.6 is 11.3 Å². The first-order valence-corrected chi connectivity index (χ1v) is 7.23. The van der Waals surface area contributed by atoms with Crippen LogP contribution in [0.25, 0.3) is 0 Å². The van der Waals surface area contributed by atoms with Gasteiger partial charge in [0.2, 0.25) is 0 Å². The van der Waals surface area contributed by atoms with Gasteiger partial charge in [-0.3, -0.25) is 4.98 Å². The van der Waals surface area contributed by atoms with Crippen molar-refractivity contribution >= 4 is 11.3 Å². The van der Waals surface area contributed by atoms with Gasteiger partial charge in [0.05, 0.1) is 5.51 Å². The van der Waals surface area contributed by atoms with Crippen molar-refractivity contribution in [3.8, 4) is 0 Å². The fourth-order valence-corrected chi connectivity index (χ4v) is 2.69. The zero-order valence-corrected chi connectivity index (χ0v) is 11.9. The van der Waals surface area contributed by atoms with Gasteiger partial charge in [-0.2, -0.15) is 0 Å². The van der Waals surface area contributed by atoms with E-state index in [2.05, 4.69) is 24.1 Å². The lowest BCUT2D eigenvalue weighted by molar-refractivity contribution is 0.149. The third-order valence-electron chi connectivity index (χ3n) is 2.75. The van der Waals surface area contributed by atoms with Crippen molar-refractivity contribution in [1.29, 1.82) is 0 Å². The van der Waals surface area contributed by atoms with Gasteiger partial charge in [0, 0.05) is 30.8 Å². The van der Waals surface area contributed by atoms with E-state index in [1.807, 2.05) is 11.7 Å². The second-order valence-corrected chi connectivity index (χ2v) is 5.59. The highest BCUT2D eigenvalue weighted by atomic mass is 32.1. The van der Waals surface area contributed by atoms with E-state index in [4.69, 9.17) is 4.74 Å². The number of thiazole rings is 1. The zero-order valence-electron chi connectivity index (χ0n) is 11.1. The minimum Gasteiger partial charge on any atom is -0.384 e. The van der Waals surface area contributed by atoms with E-state index in [0.29, 0.717) is 12.0 Å². The summed E-state index contributed by atoms with van der Waals surface area (Å²) in [6.07, 6.45) is 5.40. The molecule has 1 aromatic heterocycles. The van der Waals surface area contributed by atoms with Crippen LogP contribution in [0, 0.1) is 5.92 Å². The van der Waals surface area contributed by atoms with Gasteiger partial charge in [-0.1, -0.05) is 13.8 Å². The molecule has 98 valence electrons. The van der Waals surface area contributed by atoms with Crippen LogP contribution in [-0.2, 0) is 11.2 Å². The smallest absolute Gasteiger partial charge is 0.0794 e. The Hall–Kier alpha value is -0.450. The van der Waals surface area contributed by atoms with E-state index < -0.39 is 0 Å². The van der Waals surface area contributed by atoms with Gasteiger partial charge in [-0.05, 0) is 31.7 Å². The number of methoxy groups -OCH3 is 1. The molecule has 0 bridgehead atoms. The Morgan fingerprint density at radius 3 is 2.94 bits per heavy atom. The first-order chi connectivity index (χ1) is 8.26. The molecule has 0 radical (unpaired) electrons. The molecule has 4 heteroatoms. The predicted molar refractivity (Wildman–Crippen MR) is 73.6 cm³/mol. The largest absolute Gasteiger partial charge is 0.384 e. The maximum Gasteiger partial charge on any atom is 0.0794 e. The van der Waals surface area contributed by atoms with Crippen LogP contribution in [0.4, 0.5) is 0 Å². The van der Waals surface area contributed by atoms with Crippen LogP contribution in [0.2, 0.25) is 0 Å². The molecule has 17 heavy (non-hydrogen) atoms. The van der Waals surface area contributed by atoms with Crippen molar-refractivity contribution in [2.75, 3.05) is 20.3 Å². The second-order valence-electron chi connectivity index (χ2n) is 4.62. The maximum absolute atomic E-state index is 5.21. The summed E-state index contributed by atoms with van der Waals surface area (Å²) in [5.74, 6) is 0.599. The van der Waals surface area contributed by atoms with E-state index in [-0.39, 0.29) is 0 Å². The van der Waals surface area contributed by atoms with Crippen LogP contribution in [0.5, 0.6) is 0 Å². The van der Waals surface area contributed by atoms with Gasteiger partial charge in [-0.15, -0.1) is 11.3 Å². The third kappa shape index (κ3) is 6.15. The Morgan fingerprint density at radius 2 is 2.35 bits per heavy atom. The van der Waals surface area contributed by atoms with Crippen molar-refractivity contribution in [2.24, 2.45) is 5.92 Å². The summed E-state index contributed by atoms with van der Waals surface area (Å²) in [6.45, 7) is 6.38. The fourth-order valence-electron chi connectivity index (χ4n) is 2.01. The maximum atomic E-state index is 5.21. The molecule has 0 aliphatic heterocycles. The molecule has 1 heterocycles. The highest BCUT2D eigenvalue weighted by molar-refractivity contribution is 7.09. The quantitative estimate of drug-likeness (QED) is 0.737. The van der Waals surface area contributed by atoms with Gasteiger partial charge in [0.15, 0.2) is 0 Å². The Balaban J connectivity index is 2.42. The van der Waals surface area contributed by atoms with Crippen molar-refractivity contribution < 1.29 is 4.74 Å². The number of rotatable bonds is 9. The summed E-state index contributed by atoms with van der Waals surface area (Å²) in [4.78, 5) is 5.50. The molecule has 0 saturated heterocycles. The average molecular weight is 256 g/mol. The van der Waals surface area contributed by atoms with Gasteiger partial charge in [0.25, 0.3) is 0 Å². The number of nitrogens with zero attached hydrogens (tertiary/aromatic N) is 1. The minimum atomic E-state index is 0.542. The van der Waals surface area contributed by atoms with Gasteiger partial charge in [-0.25, -0.2) is 0 Å². The lowest BCUT2D eigenvalue weighted by Crippen LogP contribution is -2.33. The standard InChI is InChI=1S/C13H24N2OS/c1-4-5-15-12(6-11(2)9-16-3)7-13-8-14-10-17-13/h8,10-12,15H,4-7,9H2,1-3H3. The highest BCUT2D eigenvalue weighted by Gasteiger charge is 2.14. The molecule has 2 atom stereocenters. The Morgan fingerprint density at radius 1 is 1.53 bits per heavy atom. The molecule has 3 nitrogen and oxygen atoms in total. The van der Waals surface area contributed by atoms with Crippen LogP contribution in [0.1, 0.15) is 31.6 Å². The molecular formula is C13H24N2OS. The molecular weight excluding hydrogens is 232 g/mol. The molecule has 0 spiro atoms. The molecule has 1 N–H and O–H groups in total. The van der Waals surface area contributed by atoms with Crippen molar-refractivity contribution in [2.45, 2.75) is 39.2 Å². The van der Waals surface area contributed by atoms with Gasteiger partial charge >= 0.3 is 0 Å². The minimum absolute atomic E-state index is 0.542. The summed E-state index contributed by atoms with van der Waals surface area (Å²) in [5, 5.41) is 3.62. The summed E-state index contributed by atoms with van der Waals surface area (Å²) >= 11 is 1.74. The Labute approximate surface area is 109 Å². The highest BCUT2D eigenvalue weighted by Crippen LogP contribution is 2.14. The molecule has 1 aromatic rings. The number of ether oxygens (including phenoxy) is 1. The zero-order chi connectivity index (χ0) is 12.5. The molecule has 0 aliphatic carbocycles. The van der Waals surface area contributed by atoms with Gasteiger partial charge < -0.3 is 10.1 Å². The first-order valence-electron chi connectivity index (χ1n) is 6.36. The molecule has 1 rings (SSSR count). The Kier molecular flexibility index (Phi) is 7.40. The summed E-state index contributed by atoms with van der Waals surface area (Å²) in [5.41, 5.74) is 1.91. The number of nitrogens with one attached hydrogen (secondary N) is 1. The van der Waals surface area contributed by atoms with Crippen molar-refractivity contribution in [3.63, 3.8) is 0 Å². The summed E-state index contributed by atoms with van der Waals surface area (Å²) in [6, 6.07) is 0.542. The molecule has 0 amide bonds. The molecule has 2 unspecified atom stereocenters. The van der Waals surface area contributed by atoms with E-state index in [1.54, 1.807) is 18.4 Å². The third-order valence-corrected chi connectivity index (χ3v) is 3.55. The normalized spacial score (nSPS) is 14.8.